The number of nitrogens with one attached hydrogen (secondary N) is 1. The van der Waals surface area contributed by atoms with E-state index in [1.54, 1.807) is 47.0 Å². The molecule has 3 aromatic heterocycles. The van der Waals surface area contributed by atoms with E-state index >= 15 is 0 Å². The first-order valence-corrected chi connectivity index (χ1v) is 8.18. The summed E-state index contributed by atoms with van der Waals surface area (Å²) in [4.78, 5) is 19.6. The highest BCUT2D eigenvalue weighted by Crippen LogP contribution is 2.27. The fourth-order valence-electron chi connectivity index (χ4n) is 1.92. The molecule has 0 radical (unpaired) electrons. The number of nitrogens with zero attached hydrogens (tertiary/aromatic N) is 3. The number of carbonyl (C=O) groups excluding carboxylic acids is 1. The summed E-state index contributed by atoms with van der Waals surface area (Å²) in [6.45, 7) is 0.553. The topological polar surface area (TPSA) is 61.9 Å². The Labute approximate surface area is 130 Å². The van der Waals surface area contributed by atoms with E-state index in [-0.39, 0.29) is 5.91 Å². The summed E-state index contributed by atoms with van der Waals surface area (Å²) in [7, 11) is 1.79. The second-order valence-electron chi connectivity index (χ2n) is 4.65. The van der Waals surface area contributed by atoms with Gasteiger partial charge < -0.3 is 4.90 Å². The van der Waals surface area contributed by atoms with E-state index in [1.165, 1.54) is 0 Å². The number of amides is 1. The van der Waals surface area contributed by atoms with Crippen LogP contribution in [0.4, 0.5) is 0 Å². The van der Waals surface area contributed by atoms with E-state index in [0.29, 0.717) is 13.0 Å². The number of H-pyrrole nitrogens is 1. The van der Waals surface area contributed by atoms with Crippen molar-refractivity contribution in [2.45, 2.75) is 13.0 Å². The fourth-order valence-corrected chi connectivity index (χ4v) is 3.55. The molecule has 108 valence electrons. The lowest BCUT2D eigenvalue weighted by molar-refractivity contribution is -0.129. The van der Waals surface area contributed by atoms with Crippen LogP contribution in [0, 0.1) is 0 Å². The molecule has 3 rings (SSSR count). The average molecular weight is 318 g/mol. The van der Waals surface area contributed by atoms with Crippen molar-refractivity contribution >= 4 is 28.6 Å². The Morgan fingerprint density at radius 2 is 2.33 bits per heavy atom. The third-order valence-corrected chi connectivity index (χ3v) is 4.95. The molecule has 1 N–H and O–H groups in total. The van der Waals surface area contributed by atoms with Gasteiger partial charge in [-0.05, 0) is 11.4 Å². The van der Waals surface area contributed by atoms with Gasteiger partial charge in [0.1, 0.15) is 5.01 Å². The van der Waals surface area contributed by atoms with Crippen molar-refractivity contribution in [3.8, 4) is 9.88 Å². The van der Waals surface area contributed by atoms with Crippen LogP contribution < -0.4 is 0 Å². The van der Waals surface area contributed by atoms with Crippen molar-refractivity contribution in [3.05, 3.63) is 46.5 Å². The minimum Gasteiger partial charge on any atom is -0.341 e. The van der Waals surface area contributed by atoms with Gasteiger partial charge in [0.25, 0.3) is 0 Å². The van der Waals surface area contributed by atoms with Crippen LogP contribution in [0.1, 0.15) is 11.3 Å². The first-order chi connectivity index (χ1) is 10.2. The van der Waals surface area contributed by atoms with Gasteiger partial charge in [-0.15, -0.1) is 22.7 Å². The molecule has 21 heavy (non-hydrogen) atoms. The molecule has 0 aliphatic rings. The van der Waals surface area contributed by atoms with E-state index in [1.807, 2.05) is 22.9 Å². The Hall–Kier alpha value is -1.99. The Kier molecular flexibility index (Phi) is 4.12. The van der Waals surface area contributed by atoms with Crippen molar-refractivity contribution in [1.29, 1.82) is 0 Å². The first-order valence-electron chi connectivity index (χ1n) is 6.42. The monoisotopic (exact) mass is 318 g/mol. The Morgan fingerprint density at radius 1 is 1.43 bits per heavy atom. The van der Waals surface area contributed by atoms with Gasteiger partial charge in [0.05, 0.1) is 23.2 Å². The number of hydrogen-bond donors (Lipinski definition) is 1. The summed E-state index contributed by atoms with van der Waals surface area (Å²) in [5.41, 5.74) is 1.82. The van der Waals surface area contributed by atoms with Crippen molar-refractivity contribution in [2.24, 2.45) is 0 Å². The zero-order valence-corrected chi connectivity index (χ0v) is 13.1. The SMILES string of the molecule is CN(Cc1cn[nH]c1)C(=O)Cc1csc(-c2cccs2)n1. The zero-order chi connectivity index (χ0) is 14.7. The van der Waals surface area contributed by atoms with Crippen LogP contribution in [-0.4, -0.2) is 33.0 Å². The van der Waals surface area contributed by atoms with E-state index in [4.69, 9.17) is 0 Å². The van der Waals surface area contributed by atoms with Gasteiger partial charge in [0, 0.05) is 30.7 Å². The largest absolute Gasteiger partial charge is 0.341 e. The van der Waals surface area contributed by atoms with Gasteiger partial charge in [0.15, 0.2) is 0 Å². The lowest BCUT2D eigenvalue weighted by atomic mass is 10.2. The molecule has 0 atom stereocenters. The maximum absolute atomic E-state index is 12.2. The molecule has 0 saturated carbocycles. The van der Waals surface area contributed by atoms with E-state index in [2.05, 4.69) is 15.2 Å². The van der Waals surface area contributed by atoms with Crippen molar-refractivity contribution < 1.29 is 4.79 Å². The van der Waals surface area contributed by atoms with Crippen LogP contribution in [0.3, 0.4) is 0 Å². The predicted octanol–water partition coefficient (Wildman–Crippen LogP) is 2.80. The summed E-state index contributed by atoms with van der Waals surface area (Å²) >= 11 is 3.24. The van der Waals surface area contributed by atoms with Crippen LogP contribution in [0.25, 0.3) is 9.88 Å². The minimum absolute atomic E-state index is 0.0548. The molecule has 5 nitrogen and oxygen atoms in total. The maximum atomic E-state index is 12.2. The summed E-state index contributed by atoms with van der Waals surface area (Å²) in [6, 6.07) is 4.05. The molecular formula is C14H14N4OS2. The fraction of sp³-hybridized carbons (Fsp3) is 0.214. The molecule has 0 saturated heterocycles. The molecule has 0 fully saturated rings. The summed E-state index contributed by atoms with van der Waals surface area (Å²) in [6.07, 6.45) is 3.85. The molecule has 0 bridgehead atoms. The Bertz CT molecular complexity index is 703. The number of carbonyl (C=O) groups is 1. The van der Waals surface area contributed by atoms with Crippen LogP contribution in [0.2, 0.25) is 0 Å². The smallest absolute Gasteiger partial charge is 0.228 e. The van der Waals surface area contributed by atoms with Gasteiger partial charge >= 0.3 is 0 Å². The van der Waals surface area contributed by atoms with E-state index < -0.39 is 0 Å². The number of hydrogen-bond acceptors (Lipinski definition) is 5. The highest BCUT2D eigenvalue weighted by molar-refractivity contribution is 7.20. The van der Waals surface area contributed by atoms with Crippen LogP contribution >= 0.6 is 22.7 Å². The van der Waals surface area contributed by atoms with Gasteiger partial charge in [0.2, 0.25) is 5.91 Å². The minimum atomic E-state index is 0.0548. The lowest BCUT2D eigenvalue weighted by Crippen LogP contribution is -2.27. The lowest BCUT2D eigenvalue weighted by Gasteiger charge is -2.15. The van der Waals surface area contributed by atoms with Crippen LogP contribution in [0.5, 0.6) is 0 Å². The van der Waals surface area contributed by atoms with Gasteiger partial charge in [-0.1, -0.05) is 6.07 Å². The second kappa shape index (κ2) is 6.19. The number of thiophene rings is 1. The van der Waals surface area contributed by atoms with Gasteiger partial charge in [-0.3, -0.25) is 9.89 Å². The van der Waals surface area contributed by atoms with E-state index in [9.17, 15) is 4.79 Å². The molecule has 0 aliphatic carbocycles. The highest BCUT2D eigenvalue weighted by atomic mass is 32.1. The van der Waals surface area contributed by atoms with Crippen molar-refractivity contribution in [1.82, 2.24) is 20.1 Å². The van der Waals surface area contributed by atoms with Crippen LogP contribution in [0.15, 0.2) is 35.3 Å². The molecule has 3 heterocycles. The first kappa shape index (κ1) is 14.0. The predicted molar refractivity (Wildman–Crippen MR) is 84.2 cm³/mol. The number of aromatic nitrogens is 3. The normalized spacial score (nSPS) is 10.7. The van der Waals surface area contributed by atoms with Crippen LogP contribution in [-0.2, 0) is 17.8 Å². The average Bonchev–Trinajstić information content (AvgIpc) is 3.20. The third kappa shape index (κ3) is 3.37. The summed E-state index contributed by atoms with van der Waals surface area (Å²) < 4.78 is 0. The number of thiazole rings is 1. The summed E-state index contributed by atoms with van der Waals surface area (Å²) in [5, 5.41) is 11.6. The number of aromatic amines is 1. The molecule has 0 aliphatic heterocycles. The zero-order valence-electron chi connectivity index (χ0n) is 11.4. The molecule has 3 aromatic rings. The van der Waals surface area contributed by atoms with E-state index in [0.717, 1.165) is 21.1 Å². The molecule has 0 aromatic carbocycles. The molecule has 0 spiro atoms. The second-order valence-corrected chi connectivity index (χ2v) is 6.46. The van der Waals surface area contributed by atoms with Gasteiger partial charge in [-0.25, -0.2) is 4.98 Å². The quantitative estimate of drug-likeness (QED) is 0.787. The standard InChI is InChI=1S/C14H14N4OS2/c1-18(8-10-6-15-16-7-10)13(19)5-11-9-21-14(17-11)12-3-2-4-20-12/h2-4,6-7,9H,5,8H2,1H3,(H,15,16). The maximum Gasteiger partial charge on any atom is 0.228 e. The third-order valence-electron chi connectivity index (χ3n) is 3.02. The number of likely N-dealkylation sites (N-methyl/N-ethyl adjacent to an activating group) is 1. The molecule has 7 heteroatoms. The molecule has 0 unspecified atom stereocenters. The Balaban J connectivity index is 1.62. The van der Waals surface area contributed by atoms with Gasteiger partial charge in [-0.2, -0.15) is 5.10 Å². The Morgan fingerprint density at radius 3 is 3.05 bits per heavy atom. The molecular weight excluding hydrogens is 304 g/mol. The van der Waals surface area contributed by atoms with Crippen molar-refractivity contribution in [3.63, 3.8) is 0 Å². The molecule has 1 amide bonds. The number of rotatable bonds is 5. The summed E-state index contributed by atoms with van der Waals surface area (Å²) in [5.74, 6) is 0.0548. The van der Waals surface area contributed by atoms with Crippen molar-refractivity contribution in [2.75, 3.05) is 7.05 Å². The highest BCUT2D eigenvalue weighted by Gasteiger charge is 2.13.